The lowest BCUT2D eigenvalue weighted by Gasteiger charge is -1.99. The number of aldehydes is 2. The van der Waals surface area contributed by atoms with Gasteiger partial charge in [-0.15, -0.1) is 0 Å². The molecule has 0 saturated heterocycles. The molecule has 0 fully saturated rings. The molecule has 0 heterocycles. The number of nitrogens with zero attached hydrogens (tertiary/aromatic N) is 2. The second-order valence-corrected chi connectivity index (χ2v) is 2.69. The first-order valence-corrected chi connectivity index (χ1v) is 3.89. The Morgan fingerprint density at radius 3 is 2.00 bits per heavy atom. The quantitative estimate of drug-likeness (QED) is 0.429. The molecule has 0 saturated carbocycles. The molecule has 1 aromatic rings. The van der Waals surface area contributed by atoms with Crippen molar-refractivity contribution in [3.63, 3.8) is 0 Å². The molecule has 8 nitrogen and oxygen atoms in total. The fraction of sp³-hybridized carbons (Fsp3) is 0. The second kappa shape index (κ2) is 4.26. The lowest BCUT2D eigenvalue weighted by atomic mass is 10.1. The molecular weight excluding hydrogens is 220 g/mol. The second-order valence-electron chi connectivity index (χ2n) is 2.69. The van der Waals surface area contributed by atoms with Crippen LogP contribution in [0.4, 0.5) is 11.4 Å². The van der Waals surface area contributed by atoms with Crippen molar-refractivity contribution in [1.82, 2.24) is 0 Å². The Bertz CT molecular complexity index is 496. The number of nitro groups is 2. The third-order valence-corrected chi connectivity index (χ3v) is 1.85. The largest absolute Gasteiger partial charge is 0.357 e. The summed E-state index contributed by atoms with van der Waals surface area (Å²) in [5.74, 6) is 0. The minimum atomic E-state index is -1.06. The summed E-state index contributed by atoms with van der Waals surface area (Å²) in [5.41, 5.74) is -2.64. The van der Waals surface area contributed by atoms with Crippen molar-refractivity contribution in [3.05, 3.63) is 43.5 Å². The van der Waals surface area contributed by atoms with Crippen molar-refractivity contribution in [1.29, 1.82) is 0 Å². The summed E-state index contributed by atoms with van der Waals surface area (Å²) in [5, 5.41) is 21.1. The zero-order valence-corrected chi connectivity index (χ0v) is 7.65. The molecule has 82 valence electrons. The molecule has 0 N–H and O–H groups in total. The lowest BCUT2D eigenvalue weighted by Crippen LogP contribution is -2.03. The standard InChI is InChI=1S/C8H4N2O6/c11-3-5-1-2-7(9(13)14)8(10(15)16)6(5)4-12/h1-4H. The lowest BCUT2D eigenvalue weighted by molar-refractivity contribution is -0.422. The van der Waals surface area contributed by atoms with Gasteiger partial charge in [-0.2, -0.15) is 0 Å². The Kier molecular flexibility index (Phi) is 3.04. The SMILES string of the molecule is O=Cc1ccc([N+](=O)[O-])c([N+](=O)[O-])c1C=O. The summed E-state index contributed by atoms with van der Waals surface area (Å²) in [4.78, 5) is 40.1. The van der Waals surface area contributed by atoms with Gasteiger partial charge in [0.15, 0.2) is 12.6 Å². The van der Waals surface area contributed by atoms with Crippen LogP contribution in [0.3, 0.4) is 0 Å². The van der Waals surface area contributed by atoms with Gasteiger partial charge in [0.1, 0.15) is 5.56 Å². The van der Waals surface area contributed by atoms with E-state index in [0.717, 1.165) is 12.1 Å². The first kappa shape index (κ1) is 11.4. The minimum Gasteiger partial charge on any atom is -0.298 e. The topological polar surface area (TPSA) is 120 Å². The molecule has 1 rings (SSSR count). The van der Waals surface area contributed by atoms with E-state index in [2.05, 4.69) is 0 Å². The normalized spacial score (nSPS) is 9.50. The predicted molar refractivity (Wildman–Crippen MR) is 50.5 cm³/mol. The summed E-state index contributed by atoms with van der Waals surface area (Å²) < 4.78 is 0. The highest BCUT2D eigenvalue weighted by atomic mass is 16.6. The van der Waals surface area contributed by atoms with Crippen LogP contribution in [0, 0.1) is 20.2 Å². The maximum absolute atomic E-state index is 10.6. The maximum atomic E-state index is 10.6. The van der Waals surface area contributed by atoms with Crippen LogP contribution in [0.5, 0.6) is 0 Å². The molecular formula is C8H4N2O6. The molecule has 0 aliphatic carbocycles. The molecule has 8 heteroatoms. The van der Waals surface area contributed by atoms with Gasteiger partial charge in [-0.05, 0) is 6.07 Å². The van der Waals surface area contributed by atoms with E-state index in [9.17, 15) is 29.8 Å². The van der Waals surface area contributed by atoms with Crippen molar-refractivity contribution in [3.8, 4) is 0 Å². The molecule has 0 radical (unpaired) electrons. The Morgan fingerprint density at radius 2 is 1.62 bits per heavy atom. The summed E-state index contributed by atoms with van der Waals surface area (Å²) in [6.07, 6.45) is 0.273. The van der Waals surface area contributed by atoms with Crippen molar-refractivity contribution >= 4 is 23.9 Å². The van der Waals surface area contributed by atoms with Gasteiger partial charge < -0.3 is 0 Å². The number of hydrogen-bond acceptors (Lipinski definition) is 6. The zero-order valence-electron chi connectivity index (χ0n) is 7.65. The molecule has 0 aliphatic heterocycles. The van der Waals surface area contributed by atoms with E-state index < -0.39 is 26.8 Å². The number of benzene rings is 1. The van der Waals surface area contributed by atoms with Gasteiger partial charge >= 0.3 is 11.4 Å². The summed E-state index contributed by atoms with van der Waals surface area (Å²) in [6.45, 7) is 0. The van der Waals surface area contributed by atoms with Gasteiger partial charge in [-0.1, -0.05) is 0 Å². The Hall–Kier alpha value is -2.64. The van der Waals surface area contributed by atoms with E-state index in [1.54, 1.807) is 0 Å². The van der Waals surface area contributed by atoms with Crippen LogP contribution >= 0.6 is 0 Å². The molecule has 0 atom stereocenters. The highest BCUT2D eigenvalue weighted by Gasteiger charge is 2.30. The third-order valence-electron chi connectivity index (χ3n) is 1.85. The Balaban J connectivity index is 3.69. The zero-order chi connectivity index (χ0) is 12.3. The number of nitro benzene ring substituents is 2. The molecule has 0 unspecified atom stereocenters. The van der Waals surface area contributed by atoms with Crippen LogP contribution in [0.1, 0.15) is 20.7 Å². The van der Waals surface area contributed by atoms with Crippen molar-refractivity contribution < 1.29 is 19.4 Å². The van der Waals surface area contributed by atoms with Crippen molar-refractivity contribution in [2.24, 2.45) is 0 Å². The fourth-order valence-electron chi connectivity index (χ4n) is 1.18. The van der Waals surface area contributed by atoms with E-state index in [0.29, 0.717) is 0 Å². The van der Waals surface area contributed by atoms with Crippen LogP contribution < -0.4 is 0 Å². The molecule has 0 spiro atoms. The van der Waals surface area contributed by atoms with Crippen LogP contribution in [0.2, 0.25) is 0 Å². The van der Waals surface area contributed by atoms with Gasteiger partial charge in [0.25, 0.3) is 0 Å². The minimum absolute atomic E-state index is 0.0505. The van der Waals surface area contributed by atoms with Crippen molar-refractivity contribution in [2.45, 2.75) is 0 Å². The predicted octanol–water partition coefficient (Wildman–Crippen LogP) is 1.13. The first-order chi connectivity index (χ1) is 7.52. The van der Waals surface area contributed by atoms with Gasteiger partial charge in [-0.3, -0.25) is 29.8 Å². The summed E-state index contributed by atoms with van der Waals surface area (Å²) in [7, 11) is 0. The number of carbonyl (C=O) groups excluding carboxylic acids is 2. The van der Waals surface area contributed by atoms with Crippen LogP contribution in [-0.4, -0.2) is 22.4 Å². The first-order valence-electron chi connectivity index (χ1n) is 3.89. The van der Waals surface area contributed by atoms with E-state index in [1.165, 1.54) is 0 Å². The molecule has 16 heavy (non-hydrogen) atoms. The third kappa shape index (κ3) is 1.75. The number of rotatable bonds is 4. The van der Waals surface area contributed by atoms with Crippen LogP contribution in [-0.2, 0) is 0 Å². The highest BCUT2D eigenvalue weighted by molar-refractivity contribution is 5.96. The highest BCUT2D eigenvalue weighted by Crippen LogP contribution is 2.31. The molecule has 1 aromatic carbocycles. The van der Waals surface area contributed by atoms with E-state index in [4.69, 9.17) is 0 Å². The molecule has 0 amide bonds. The average Bonchev–Trinajstić information content (AvgIpc) is 2.26. The Morgan fingerprint density at radius 1 is 1.00 bits per heavy atom. The molecule has 0 bridgehead atoms. The molecule has 0 aromatic heterocycles. The average molecular weight is 224 g/mol. The fourth-order valence-corrected chi connectivity index (χ4v) is 1.18. The van der Waals surface area contributed by atoms with E-state index in [1.807, 2.05) is 0 Å². The molecule has 0 aliphatic rings. The van der Waals surface area contributed by atoms with Crippen LogP contribution in [0.25, 0.3) is 0 Å². The van der Waals surface area contributed by atoms with E-state index >= 15 is 0 Å². The summed E-state index contributed by atoms with van der Waals surface area (Å²) in [6, 6.07) is 1.80. The Labute approximate surface area is 87.8 Å². The van der Waals surface area contributed by atoms with Crippen molar-refractivity contribution in [2.75, 3.05) is 0 Å². The van der Waals surface area contributed by atoms with Gasteiger partial charge in [0.05, 0.1) is 9.85 Å². The van der Waals surface area contributed by atoms with Crippen LogP contribution in [0.15, 0.2) is 12.1 Å². The van der Waals surface area contributed by atoms with Gasteiger partial charge in [-0.25, -0.2) is 0 Å². The van der Waals surface area contributed by atoms with E-state index in [-0.39, 0.29) is 18.1 Å². The number of carbonyl (C=O) groups is 2. The van der Waals surface area contributed by atoms with Gasteiger partial charge in [0.2, 0.25) is 0 Å². The maximum Gasteiger partial charge on any atom is 0.357 e. The monoisotopic (exact) mass is 224 g/mol. The number of hydrogen-bond donors (Lipinski definition) is 0. The smallest absolute Gasteiger partial charge is 0.298 e. The summed E-state index contributed by atoms with van der Waals surface area (Å²) >= 11 is 0. The van der Waals surface area contributed by atoms with Gasteiger partial charge in [0, 0.05) is 11.6 Å².